The van der Waals surface area contributed by atoms with Crippen LogP contribution in [0.15, 0.2) is 32.2 Å². The highest BCUT2D eigenvalue weighted by Crippen LogP contribution is 2.32. The summed E-state index contributed by atoms with van der Waals surface area (Å²) in [5.41, 5.74) is -0.0714. The molecule has 0 saturated carbocycles. The number of carbonyl (C=O) groups excluding carboxylic acids is 1. The molecule has 0 unspecified atom stereocenters. The standard InChI is InChI=1S/C17H13NO5/c1-8(19)11-14(20)12-15(23-17(11)22)10-6-2-4-9-5-3-7-18(13(9)10)16(12)21/h2,4,6,20H,3,5,7H2,1H3. The fourth-order valence-corrected chi connectivity index (χ4v) is 3.40. The Morgan fingerprint density at radius 1 is 1.30 bits per heavy atom. The van der Waals surface area contributed by atoms with Crippen LogP contribution in [0.3, 0.4) is 0 Å². The number of hydrogen-bond donors (Lipinski definition) is 1. The third-order valence-electron chi connectivity index (χ3n) is 4.37. The molecule has 3 heterocycles. The molecule has 0 aliphatic carbocycles. The van der Waals surface area contributed by atoms with Gasteiger partial charge in [-0.1, -0.05) is 12.1 Å². The highest BCUT2D eigenvalue weighted by atomic mass is 16.4. The summed E-state index contributed by atoms with van der Waals surface area (Å²) in [5, 5.41) is 10.8. The molecule has 1 aromatic carbocycles. The highest BCUT2D eigenvalue weighted by molar-refractivity contribution is 6.08. The smallest absolute Gasteiger partial charge is 0.351 e. The van der Waals surface area contributed by atoms with E-state index in [0.717, 1.165) is 30.8 Å². The minimum Gasteiger partial charge on any atom is -0.506 e. The number of Topliss-reactive ketones (excluding diaryl/α,β-unsaturated/α-hetero) is 1. The summed E-state index contributed by atoms with van der Waals surface area (Å²) in [5.74, 6) is -1.22. The first kappa shape index (κ1) is 13.8. The molecule has 0 fully saturated rings. The molecule has 0 amide bonds. The van der Waals surface area contributed by atoms with Crippen molar-refractivity contribution in [1.82, 2.24) is 4.57 Å². The van der Waals surface area contributed by atoms with E-state index in [9.17, 15) is 19.5 Å². The zero-order chi connectivity index (χ0) is 16.3. The number of aromatic hydroxyl groups is 1. The molecule has 6 nitrogen and oxygen atoms in total. The van der Waals surface area contributed by atoms with Crippen LogP contribution in [0.25, 0.3) is 21.9 Å². The fourth-order valence-electron chi connectivity index (χ4n) is 3.40. The van der Waals surface area contributed by atoms with Crippen molar-refractivity contribution in [1.29, 1.82) is 0 Å². The van der Waals surface area contributed by atoms with Crippen molar-refractivity contribution in [3.8, 4) is 5.75 Å². The fraction of sp³-hybridized carbons (Fsp3) is 0.235. The molecule has 23 heavy (non-hydrogen) atoms. The van der Waals surface area contributed by atoms with Crippen LogP contribution in [0.1, 0.15) is 29.3 Å². The first-order valence-corrected chi connectivity index (χ1v) is 7.36. The summed E-state index contributed by atoms with van der Waals surface area (Å²) in [7, 11) is 0. The van der Waals surface area contributed by atoms with Gasteiger partial charge in [0.05, 0.1) is 5.52 Å². The van der Waals surface area contributed by atoms with Crippen molar-refractivity contribution in [3.05, 3.63) is 50.1 Å². The number of hydrogen-bond acceptors (Lipinski definition) is 5. The van der Waals surface area contributed by atoms with Crippen molar-refractivity contribution in [2.75, 3.05) is 0 Å². The zero-order valence-electron chi connectivity index (χ0n) is 12.4. The van der Waals surface area contributed by atoms with E-state index in [1.54, 1.807) is 10.6 Å². The van der Waals surface area contributed by atoms with E-state index >= 15 is 0 Å². The number of carbonyl (C=O) groups is 1. The molecule has 3 aromatic rings. The van der Waals surface area contributed by atoms with Gasteiger partial charge in [0.25, 0.3) is 5.56 Å². The van der Waals surface area contributed by atoms with Gasteiger partial charge >= 0.3 is 5.63 Å². The Morgan fingerprint density at radius 2 is 2.09 bits per heavy atom. The van der Waals surface area contributed by atoms with Gasteiger partial charge in [0.15, 0.2) is 11.4 Å². The molecule has 1 N–H and O–H groups in total. The van der Waals surface area contributed by atoms with Gasteiger partial charge in [-0.3, -0.25) is 9.59 Å². The summed E-state index contributed by atoms with van der Waals surface area (Å²) in [6.45, 7) is 1.68. The second-order valence-electron chi connectivity index (χ2n) is 5.75. The number of fused-ring (bicyclic) bond motifs is 2. The van der Waals surface area contributed by atoms with Gasteiger partial charge in [0.1, 0.15) is 16.7 Å². The van der Waals surface area contributed by atoms with Crippen molar-refractivity contribution in [3.63, 3.8) is 0 Å². The number of rotatable bonds is 1. The van der Waals surface area contributed by atoms with Crippen molar-refractivity contribution < 1.29 is 14.3 Å². The van der Waals surface area contributed by atoms with E-state index in [-0.39, 0.29) is 11.0 Å². The SMILES string of the molecule is CC(=O)c1c(O)c2c(=O)n3c4c(cccc4c2oc1=O)CCC3. The van der Waals surface area contributed by atoms with Gasteiger partial charge in [0, 0.05) is 11.9 Å². The lowest BCUT2D eigenvalue weighted by atomic mass is 9.99. The topological polar surface area (TPSA) is 89.5 Å². The van der Waals surface area contributed by atoms with Crippen molar-refractivity contribution in [2.45, 2.75) is 26.3 Å². The Balaban J connectivity index is 2.36. The largest absolute Gasteiger partial charge is 0.506 e. The van der Waals surface area contributed by atoms with Gasteiger partial charge in [-0.15, -0.1) is 0 Å². The van der Waals surface area contributed by atoms with E-state index in [4.69, 9.17) is 4.42 Å². The Morgan fingerprint density at radius 3 is 2.83 bits per heavy atom. The van der Waals surface area contributed by atoms with Crippen LogP contribution in [0.2, 0.25) is 0 Å². The molecule has 0 bridgehead atoms. The molecule has 0 atom stereocenters. The maximum Gasteiger partial charge on any atom is 0.351 e. The van der Waals surface area contributed by atoms with Crippen molar-refractivity contribution >= 4 is 27.7 Å². The van der Waals surface area contributed by atoms with Crippen LogP contribution < -0.4 is 11.2 Å². The molecule has 2 aromatic heterocycles. The molecule has 1 aliphatic rings. The monoisotopic (exact) mass is 311 g/mol. The normalized spacial score (nSPS) is 13.6. The summed E-state index contributed by atoms with van der Waals surface area (Å²) in [6.07, 6.45) is 1.65. The van der Waals surface area contributed by atoms with E-state index in [1.807, 2.05) is 12.1 Å². The third kappa shape index (κ3) is 1.72. The summed E-state index contributed by atoms with van der Waals surface area (Å²) in [6, 6.07) is 5.51. The van der Waals surface area contributed by atoms with Gasteiger partial charge < -0.3 is 14.1 Å². The lowest BCUT2D eigenvalue weighted by Crippen LogP contribution is -2.26. The second-order valence-corrected chi connectivity index (χ2v) is 5.75. The predicted octanol–water partition coefficient (Wildman–Crippen LogP) is 1.96. The average Bonchev–Trinajstić information content (AvgIpc) is 2.51. The molecule has 116 valence electrons. The maximum atomic E-state index is 12.8. The van der Waals surface area contributed by atoms with Crippen LogP contribution in [0, 0.1) is 0 Å². The molecule has 6 heteroatoms. The van der Waals surface area contributed by atoms with Gasteiger partial charge in [-0.25, -0.2) is 4.79 Å². The average molecular weight is 311 g/mol. The minimum atomic E-state index is -0.927. The molecule has 0 radical (unpaired) electrons. The quantitative estimate of drug-likeness (QED) is 0.548. The summed E-state index contributed by atoms with van der Waals surface area (Å²) < 4.78 is 6.84. The van der Waals surface area contributed by atoms with E-state index in [0.29, 0.717) is 11.9 Å². The maximum absolute atomic E-state index is 12.8. The van der Waals surface area contributed by atoms with Crippen LogP contribution in [0.5, 0.6) is 5.75 Å². The molecular formula is C17H13NO5. The number of benzene rings is 1. The number of aryl methyl sites for hydroxylation is 2. The molecule has 0 saturated heterocycles. The molecular weight excluding hydrogens is 298 g/mol. The first-order valence-electron chi connectivity index (χ1n) is 7.36. The van der Waals surface area contributed by atoms with Crippen molar-refractivity contribution in [2.24, 2.45) is 0 Å². The predicted molar refractivity (Wildman–Crippen MR) is 84.2 cm³/mol. The number of ketones is 1. The van der Waals surface area contributed by atoms with Gasteiger partial charge in [-0.05, 0) is 31.4 Å². The lowest BCUT2D eigenvalue weighted by Gasteiger charge is -2.20. The van der Waals surface area contributed by atoms with Crippen LogP contribution in [-0.2, 0) is 13.0 Å². The Bertz CT molecular complexity index is 1120. The van der Waals surface area contributed by atoms with E-state index in [2.05, 4.69) is 0 Å². The zero-order valence-corrected chi connectivity index (χ0v) is 12.4. The Labute approximate surface area is 129 Å². The van der Waals surface area contributed by atoms with E-state index in [1.165, 1.54) is 0 Å². The van der Waals surface area contributed by atoms with Gasteiger partial charge in [0.2, 0.25) is 0 Å². The molecule has 0 spiro atoms. The Kier molecular flexibility index (Phi) is 2.72. The number of para-hydroxylation sites is 1. The number of pyridine rings is 1. The molecule has 1 aliphatic heterocycles. The lowest BCUT2D eigenvalue weighted by molar-refractivity contribution is 0.101. The highest BCUT2D eigenvalue weighted by Gasteiger charge is 2.25. The summed E-state index contributed by atoms with van der Waals surface area (Å²) in [4.78, 5) is 36.4. The van der Waals surface area contributed by atoms with Crippen LogP contribution >= 0.6 is 0 Å². The van der Waals surface area contributed by atoms with Crippen LogP contribution in [0.4, 0.5) is 0 Å². The third-order valence-corrected chi connectivity index (χ3v) is 4.37. The first-order chi connectivity index (χ1) is 11.0. The van der Waals surface area contributed by atoms with Gasteiger partial charge in [-0.2, -0.15) is 0 Å². The minimum absolute atomic E-state index is 0.0394. The van der Waals surface area contributed by atoms with Crippen LogP contribution in [-0.4, -0.2) is 15.5 Å². The summed E-state index contributed by atoms with van der Waals surface area (Å²) >= 11 is 0. The van der Waals surface area contributed by atoms with E-state index < -0.39 is 28.3 Å². The molecule has 4 rings (SSSR count). The number of aromatic nitrogens is 1. The Hall–Kier alpha value is -2.89. The number of nitrogens with zero attached hydrogens (tertiary/aromatic N) is 1. The second kappa shape index (κ2) is 4.55.